The first-order chi connectivity index (χ1) is 9.88. The SMILES string of the molecule is c1ccc2c(c1)CCN(CC1Cc3nc[nH]c3CN1)C2. The van der Waals surface area contributed by atoms with Crippen LogP contribution in [0.3, 0.4) is 0 Å². The number of rotatable bonds is 2. The van der Waals surface area contributed by atoms with Crippen molar-refractivity contribution in [2.45, 2.75) is 32.0 Å². The summed E-state index contributed by atoms with van der Waals surface area (Å²) in [6, 6.07) is 9.35. The predicted octanol–water partition coefficient (Wildman–Crippen LogP) is 1.48. The topological polar surface area (TPSA) is 44.0 Å². The number of H-pyrrole nitrogens is 1. The second-order valence-corrected chi connectivity index (χ2v) is 5.86. The van der Waals surface area contributed by atoms with Crippen LogP contribution in [-0.4, -0.2) is 34.0 Å². The van der Waals surface area contributed by atoms with Gasteiger partial charge in [0.05, 0.1) is 17.7 Å². The molecule has 0 amide bonds. The van der Waals surface area contributed by atoms with Crippen molar-refractivity contribution in [3.8, 4) is 0 Å². The summed E-state index contributed by atoms with van der Waals surface area (Å²) >= 11 is 0. The molecule has 0 aliphatic carbocycles. The number of hydrogen-bond acceptors (Lipinski definition) is 3. The van der Waals surface area contributed by atoms with E-state index in [9.17, 15) is 0 Å². The molecule has 20 heavy (non-hydrogen) atoms. The smallest absolute Gasteiger partial charge is 0.0925 e. The molecule has 2 aliphatic rings. The number of aromatic nitrogens is 2. The molecular weight excluding hydrogens is 248 g/mol. The molecule has 1 unspecified atom stereocenters. The fourth-order valence-corrected chi connectivity index (χ4v) is 3.38. The molecule has 104 valence electrons. The molecule has 1 aromatic heterocycles. The van der Waals surface area contributed by atoms with Crippen molar-refractivity contribution in [1.29, 1.82) is 0 Å². The van der Waals surface area contributed by atoms with Crippen LogP contribution < -0.4 is 5.32 Å². The van der Waals surface area contributed by atoms with Crippen LogP contribution in [0.25, 0.3) is 0 Å². The molecule has 4 nitrogen and oxygen atoms in total. The molecule has 1 atom stereocenters. The minimum absolute atomic E-state index is 0.524. The van der Waals surface area contributed by atoms with Crippen molar-refractivity contribution in [3.63, 3.8) is 0 Å². The van der Waals surface area contributed by atoms with Crippen LogP contribution in [0.5, 0.6) is 0 Å². The molecule has 0 fully saturated rings. The summed E-state index contributed by atoms with van der Waals surface area (Å²) < 4.78 is 0. The average molecular weight is 268 g/mol. The summed E-state index contributed by atoms with van der Waals surface area (Å²) in [6.45, 7) is 4.29. The lowest BCUT2D eigenvalue weighted by Crippen LogP contribution is -2.46. The van der Waals surface area contributed by atoms with Gasteiger partial charge in [-0.05, 0) is 17.5 Å². The van der Waals surface area contributed by atoms with Crippen molar-refractivity contribution >= 4 is 0 Å². The maximum Gasteiger partial charge on any atom is 0.0925 e. The highest BCUT2D eigenvalue weighted by Gasteiger charge is 2.23. The zero-order valence-corrected chi connectivity index (χ0v) is 11.6. The molecule has 2 N–H and O–H groups in total. The lowest BCUT2D eigenvalue weighted by Gasteiger charge is -2.33. The van der Waals surface area contributed by atoms with Crippen LogP contribution in [-0.2, 0) is 25.9 Å². The van der Waals surface area contributed by atoms with Crippen LogP contribution in [0.15, 0.2) is 30.6 Å². The lowest BCUT2D eigenvalue weighted by molar-refractivity contribution is 0.218. The lowest BCUT2D eigenvalue weighted by atomic mass is 9.98. The van der Waals surface area contributed by atoms with Gasteiger partial charge in [-0.3, -0.25) is 4.90 Å². The Balaban J connectivity index is 1.42. The highest BCUT2D eigenvalue weighted by atomic mass is 15.2. The molecule has 4 rings (SSSR count). The summed E-state index contributed by atoms with van der Waals surface area (Å²) in [5.41, 5.74) is 5.52. The molecule has 1 aromatic carbocycles. The summed E-state index contributed by atoms with van der Waals surface area (Å²) in [5, 5.41) is 3.62. The molecule has 0 bridgehead atoms. The fraction of sp³-hybridized carbons (Fsp3) is 0.438. The van der Waals surface area contributed by atoms with Gasteiger partial charge in [-0.25, -0.2) is 4.98 Å². The van der Waals surface area contributed by atoms with E-state index in [2.05, 4.69) is 44.5 Å². The third-order valence-corrected chi connectivity index (χ3v) is 4.50. The van der Waals surface area contributed by atoms with Gasteiger partial charge in [0.15, 0.2) is 0 Å². The number of nitrogens with one attached hydrogen (secondary N) is 2. The largest absolute Gasteiger partial charge is 0.347 e. The quantitative estimate of drug-likeness (QED) is 0.867. The van der Waals surface area contributed by atoms with Crippen molar-refractivity contribution in [2.24, 2.45) is 0 Å². The minimum atomic E-state index is 0.524. The molecule has 0 spiro atoms. The highest BCUT2D eigenvalue weighted by molar-refractivity contribution is 5.29. The zero-order valence-electron chi connectivity index (χ0n) is 11.6. The first-order valence-electron chi connectivity index (χ1n) is 7.42. The van der Waals surface area contributed by atoms with Crippen LogP contribution in [0.4, 0.5) is 0 Å². The third-order valence-electron chi connectivity index (χ3n) is 4.50. The van der Waals surface area contributed by atoms with Gasteiger partial charge in [0.1, 0.15) is 0 Å². The third kappa shape index (κ3) is 2.25. The van der Waals surface area contributed by atoms with Crippen LogP contribution >= 0.6 is 0 Å². The van der Waals surface area contributed by atoms with Gasteiger partial charge in [0, 0.05) is 38.6 Å². The van der Waals surface area contributed by atoms with Crippen molar-refractivity contribution in [1.82, 2.24) is 20.2 Å². The van der Waals surface area contributed by atoms with Gasteiger partial charge in [-0.15, -0.1) is 0 Å². The monoisotopic (exact) mass is 268 g/mol. The van der Waals surface area contributed by atoms with Gasteiger partial charge < -0.3 is 10.3 Å². The molecule has 0 saturated heterocycles. The Labute approximate surface area is 119 Å². The number of imidazole rings is 1. The Morgan fingerprint density at radius 2 is 2.15 bits per heavy atom. The van der Waals surface area contributed by atoms with E-state index in [1.165, 1.54) is 35.5 Å². The zero-order chi connectivity index (χ0) is 13.4. The number of aromatic amines is 1. The number of benzene rings is 1. The Bertz CT molecular complexity index is 604. The second-order valence-electron chi connectivity index (χ2n) is 5.86. The summed E-state index contributed by atoms with van der Waals surface area (Å²) in [7, 11) is 0. The molecule has 0 saturated carbocycles. The number of nitrogens with zero attached hydrogens (tertiary/aromatic N) is 2. The fourth-order valence-electron chi connectivity index (χ4n) is 3.38. The van der Waals surface area contributed by atoms with E-state index < -0.39 is 0 Å². The Kier molecular flexibility index (Phi) is 3.05. The van der Waals surface area contributed by atoms with E-state index in [1.807, 2.05) is 6.33 Å². The Morgan fingerprint density at radius 1 is 1.25 bits per heavy atom. The van der Waals surface area contributed by atoms with Crippen molar-refractivity contribution in [2.75, 3.05) is 13.1 Å². The molecule has 4 heteroatoms. The Morgan fingerprint density at radius 3 is 3.10 bits per heavy atom. The first kappa shape index (κ1) is 12.1. The van der Waals surface area contributed by atoms with Gasteiger partial charge in [0.2, 0.25) is 0 Å². The van der Waals surface area contributed by atoms with E-state index in [4.69, 9.17) is 0 Å². The van der Waals surface area contributed by atoms with Crippen LogP contribution in [0.1, 0.15) is 22.5 Å². The van der Waals surface area contributed by atoms with Gasteiger partial charge in [-0.2, -0.15) is 0 Å². The summed E-state index contributed by atoms with van der Waals surface area (Å²) in [5.74, 6) is 0. The number of fused-ring (bicyclic) bond motifs is 2. The molecule has 2 aliphatic heterocycles. The molecular formula is C16H20N4. The van der Waals surface area contributed by atoms with Gasteiger partial charge >= 0.3 is 0 Å². The maximum absolute atomic E-state index is 4.42. The van der Waals surface area contributed by atoms with E-state index in [0.717, 1.165) is 26.1 Å². The van der Waals surface area contributed by atoms with Gasteiger partial charge in [0.25, 0.3) is 0 Å². The molecule has 3 heterocycles. The minimum Gasteiger partial charge on any atom is -0.347 e. The van der Waals surface area contributed by atoms with E-state index in [-0.39, 0.29) is 0 Å². The average Bonchev–Trinajstić information content (AvgIpc) is 2.95. The first-order valence-corrected chi connectivity index (χ1v) is 7.42. The summed E-state index contributed by atoms with van der Waals surface area (Å²) in [4.78, 5) is 10.2. The van der Waals surface area contributed by atoms with Gasteiger partial charge in [-0.1, -0.05) is 24.3 Å². The highest BCUT2D eigenvalue weighted by Crippen LogP contribution is 2.20. The van der Waals surface area contributed by atoms with Crippen LogP contribution in [0.2, 0.25) is 0 Å². The van der Waals surface area contributed by atoms with E-state index >= 15 is 0 Å². The van der Waals surface area contributed by atoms with Crippen molar-refractivity contribution < 1.29 is 0 Å². The predicted molar refractivity (Wildman–Crippen MR) is 78.3 cm³/mol. The summed E-state index contributed by atoms with van der Waals surface area (Å²) in [6.07, 6.45) is 4.03. The maximum atomic E-state index is 4.42. The van der Waals surface area contributed by atoms with E-state index in [1.54, 1.807) is 0 Å². The normalized spacial score (nSPS) is 22.3. The standard InChI is InChI=1S/C16H20N4/c1-2-4-13-9-20(6-5-12(13)3-1)10-14-7-15-16(8-17-14)19-11-18-15/h1-4,11,14,17H,5-10H2,(H,18,19). The van der Waals surface area contributed by atoms with Crippen molar-refractivity contribution in [3.05, 3.63) is 53.1 Å². The number of hydrogen-bond donors (Lipinski definition) is 2. The molecule has 0 radical (unpaired) electrons. The van der Waals surface area contributed by atoms with Crippen LogP contribution in [0, 0.1) is 0 Å². The van der Waals surface area contributed by atoms with E-state index in [0.29, 0.717) is 6.04 Å². The second kappa shape index (κ2) is 5.04. The molecule has 2 aromatic rings. The Hall–Kier alpha value is -1.65.